The van der Waals surface area contributed by atoms with Crippen molar-refractivity contribution in [2.45, 2.75) is 18.6 Å². The summed E-state index contributed by atoms with van der Waals surface area (Å²) in [6.45, 7) is 3.96. The van der Waals surface area contributed by atoms with E-state index < -0.39 is 16.0 Å². The second-order valence-corrected chi connectivity index (χ2v) is 6.95. The first-order chi connectivity index (χ1) is 9.12. The Balaban J connectivity index is 1.63. The highest BCUT2D eigenvalue weighted by atomic mass is 32.2. The van der Waals surface area contributed by atoms with Gasteiger partial charge in [0.2, 0.25) is 0 Å². The molecule has 19 heavy (non-hydrogen) atoms. The average Bonchev–Trinajstić information content (AvgIpc) is 2.89. The third-order valence-corrected chi connectivity index (χ3v) is 5.96. The number of hydrogen-bond acceptors (Lipinski definition) is 5. The predicted molar refractivity (Wildman–Crippen MR) is 66.8 cm³/mol. The standard InChI is InChI=1S/C11H20N2O5S/c14-19(15,13-5-7-16-8-6-13)12-3-1-11(2-4-12)17-9-10-18-11/h1-10H2. The zero-order valence-corrected chi connectivity index (χ0v) is 11.7. The molecule has 3 fully saturated rings. The lowest BCUT2D eigenvalue weighted by molar-refractivity contribution is -0.179. The lowest BCUT2D eigenvalue weighted by Gasteiger charge is -2.39. The Kier molecular flexibility index (Phi) is 3.80. The summed E-state index contributed by atoms with van der Waals surface area (Å²) >= 11 is 0. The Morgan fingerprint density at radius 3 is 1.89 bits per heavy atom. The monoisotopic (exact) mass is 292 g/mol. The van der Waals surface area contributed by atoms with Crippen molar-refractivity contribution < 1.29 is 22.6 Å². The van der Waals surface area contributed by atoms with Crippen LogP contribution in [-0.4, -0.2) is 75.4 Å². The molecule has 0 amide bonds. The zero-order valence-electron chi connectivity index (χ0n) is 10.9. The van der Waals surface area contributed by atoms with Gasteiger partial charge in [-0.1, -0.05) is 0 Å². The predicted octanol–water partition coefficient (Wildman–Crippen LogP) is -0.598. The van der Waals surface area contributed by atoms with E-state index in [1.807, 2.05) is 0 Å². The van der Waals surface area contributed by atoms with Gasteiger partial charge in [-0.25, -0.2) is 0 Å². The first-order valence-electron chi connectivity index (χ1n) is 6.73. The fraction of sp³-hybridized carbons (Fsp3) is 1.00. The normalized spacial score (nSPS) is 29.9. The SMILES string of the molecule is O=S(=O)(N1CCOCC1)N1CCC2(CC1)OCCO2. The lowest BCUT2D eigenvalue weighted by Crippen LogP contribution is -2.53. The van der Waals surface area contributed by atoms with Crippen molar-refractivity contribution >= 4 is 10.2 Å². The average molecular weight is 292 g/mol. The molecule has 0 aliphatic carbocycles. The van der Waals surface area contributed by atoms with Crippen LogP contribution in [0.15, 0.2) is 0 Å². The minimum absolute atomic E-state index is 0.441. The van der Waals surface area contributed by atoms with Crippen molar-refractivity contribution in [3.63, 3.8) is 0 Å². The zero-order chi connectivity index (χ0) is 13.3. The Morgan fingerprint density at radius 1 is 0.789 bits per heavy atom. The molecule has 3 saturated heterocycles. The maximum atomic E-state index is 12.5. The van der Waals surface area contributed by atoms with E-state index >= 15 is 0 Å². The number of nitrogens with zero attached hydrogens (tertiary/aromatic N) is 2. The van der Waals surface area contributed by atoms with Crippen molar-refractivity contribution in [1.82, 2.24) is 8.61 Å². The van der Waals surface area contributed by atoms with Gasteiger partial charge in [-0.2, -0.15) is 17.0 Å². The first kappa shape index (κ1) is 13.7. The van der Waals surface area contributed by atoms with Crippen LogP contribution < -0.4 is 0 Å². The van der Waals surface area contributed by atoms with Gasteiger partial charge in [0.05, 0.1) is 26.4 Å². The van der Waals surface area contributed by atoms with Gasteiger partial charge in [0.1, 0.15) is 0 Å². The molecule has 0 N–H and O–H groups in total. The highest BCUT2D eigenvalue weighted by molar-refractivity contribution is 7.86. The molecular formula is C11H20N2O5S. The van der Waals surface area contributed by atoms with Gasteiger partial charge < -0.3 is 14.2 Å². The molecule has 7 nitrogen and oxygen atoms in total. The summed E-state index contributed by atoms with van der Waals surface area (Å²) in [6.07, 6.45) is 1.22. The summed E-state index contributed by atoms with van der Waals surface area (Å²) < 4.78 is 44.4. The number of morpholine rings is 1. The van der Waals surface area contributed by atoms with E-state index in [4.69, 9.17) is 14.2 Å². The maximum absolute atomic E-state index is 12.5. The van der Waals surface area contributed by atoms with Crippen molar-refractivity contribution in [2.24, 2.45) is 0 Å². The van der Waals surface area contributed by atoms with Gasteiger partial charge in [-0.05, 0) is 0 Å². The van der Waals surface area contributed by atoms with Crippen LogP contribution >= 0.6 is 0 Å². The van der Waals surface area contributed by atoms with Crippen LogP contribution in [0.4, 0.5) is 0 Å². The van der Waals surface area contributed by atoms with E-state index in [0.29, 0.717) is 65.4 Å². The Hall–Kier alpha value is -0.250. The minimum atomic E-state index is -3.36. The summed E-state index contributed by atoms with van der Waals surface area (Å²) in [7, 11) is -3.36. The van der Waals surface area contributed by atoms with E-state index in [9.17, 15) is 8.42 Å². The van der Waals surface area contributed by atoms with Gasteiger partial charge in [0, 0.05) is 39.0 Å². The van der Waals surface area contributed by atoms with Crippen LogP contribution in [0.2, 0.25) is 0 Å². The van der Waals surface area contributed by atoms with E-state index in [2.05, 4.69) is 0 Å². The molecule has 0 aromatic rings. The molecule has 3 heterocycles. The van der Waals surface area contributed by atoms with Crippen molar-refractivity contribution in [2.75, 3.05) is 52.6 Å². The molecule has 8 heteroatoms. The number of hydrogen-bond donors (Lipinski definition) is 0. The molecule has 0 atom stereocenters. The Morgan fingerprint density at radius 2 is 1.32 bits per heavy atom. The van der Waals surface area contributed by atoms with Crippen LogP contribution in [0.25, 0.3) is 0 Å². The second-order valence-electron chi connectivity index (χ2n) is 5.03. The summed E-state index contributed by atoms with van der Waals surface area (Å²) in [6, 6.07) is 0. The molecule has 1 spiro atoms. The second kappa shape index (κ2) is 5.27. The van der Waals surface area contributed by atoms with Gasteiger partial charge in [-0.3, -0.25) is 0 Å². The van der Waals surface area contributed by atoms with Crippen LogP contribution in [0.5, 0.6) is 0 Å². The van der Waals surface area contributed by atoms with Gasteiger partial charge in [0.25, 0.3) is 10.2 Å². The van der Waals surface area contributed by atoms with E-state index in [1.54, 1.807) is 0 Å². The molecule has 110 valence electrons. The minimum Gasteiger partial charge on any atom is -0.379 e. The molecule has 0 unspecified atom stereocenters. The molecule has 3 aliphatic rings. The Labute approximate surface area is 113 Å². The number of rotatable bonds is 2. The number of ether oxygens (including phenoxy) is 3. The van der Waals surface area contributed by atoms with Crippen LogP contribution in [0.3, 0.4) is 0 Å². The fourth-order valence-corrected chi connectivity index (χ4v) is 4.37. The molecule has 3 aliphatic heterocycles. The molecule has 0 aromatic carbocycles. The van der Waals surface area contributed by atoms with E-state index in [0.717, 1.165) is 0 Å². The summed E-state index contributed by atoms with van der Waals surface area (Å²) in [5, 5.41) is 0. The highest BCUT2D eigenvalue weighted by Gasteiger charge is 2.43. The molecule has 3 rings (SSSR count). The van der Waals surface area contributed by atoms with Crippen LogP contribution in [0.1, 0.15) is 12.8 Å². The van der Waals surface area contributed by atoms with Crippen LogP contribution in [0, 0.1) is 0 Å². The van der Waals surface area contributed by atoms with Crippen LogP contribution in [-0.2, 0) is 24.4 Å². The third-order valence-electron chi connectivity index (χ3n) is 3.92. The lowest BCUT2D eigenvalue weighted by atomic mass is 10.1. The summed E-state index contributed by atoms with van der Waals surface area (Å²) in [5.41, 5.74) is 0. The van der Waals surface area contributed by atoms with Crippen molar-refractivity contribution in [1.29, 1.82) is 0 Å². The molecule has 0 aromatic heterocycles. The highest BCUT2D eigenvalue weighted by Crippen LogP contribution is 2.32. The van der Waals surface area contributed by atoms with E-state index in [-0.39, 0.29) is 0 Å². The molecule has 0 bridgehead atoms. The largest absolute Gasteiger partial charge is 0.379 e. The molecular weight excluding hydrogens is 272 g/mol. The summed E-state index contributed by atoms with van der Waals surface area (Å²) in [5.74, 6) is -0.531. The van der Waals surface area contributed by atoms with Gasteiger partial charge in [-0.15, -0.1) is 0 Å². The van der Waals surface area contributed by atoms with Gasteiger partial charge >= 0.3 is 0 Å². The first-order valence-corrected chi connectivity index (χ1v) is 8.13. The van der Waals surface area contributed by atoms with Gasteiger partial charge in [0.15, 0.2) is 5.79 Å². The fourth-order valence-electron chi connectivity index (χ4n) is 2.78. The quantitative estimate of drug-likeness (QED) is 0.680. The summed E-state index contributed by atoms with van der Waals surface area (Å²) in [4.78, 5) is 0. The van der Waals surface area contributed by atoms with Crippen molar-refractivity contribution in [3.8, 4) is 0 Å². The number of piperidine rings is 1. The maximum Gasteiger partial charge on any atom is 0.282 e. The molecule has 0 saturated carbocycles. The van der Waals surface area contributed by atoms with E-state index in [1.165, 1.54) is 8.61 Å². The Bertz CT molecular complexity index is 405. The topological polar surface area (TPSA) is 68.3 Å². The third kappa shape index (κ3) is 2.65. The smallest absolute Gasteiger partial charge is 0.282 e. The molecule has 0 radical (unpaired) electrons. The van der Waals surface area contributed by atoms with Crippen molar-refractivity contribution in [3.05, 3.63) is 0 Å².